The summed E-state index contributed by atoms with van der Waals surface area (Å²) >= 11 is 0. The molecule has 1 unspecified atom stereocenters. The molecule has 2 rings (SSSR count). The summed E-state index contributed by atoms with van der Waals surface area (Å²) in [5.74, 6) is 0.199. The van der Waals surface area contributed by atoms with E-state index in [1.807, 2.05) is 30.3 Å². The molecule has 3 nitrogen and oxygen atoms in total. The predicted molar refractivity (Wildman–Crippen MR) is 75.7 cm³/mol. The quantitative estimate of drug-likeness (QED) is 0.886. The van der Waals surface area contributed by atoms with Crippen LogP contribution < -0.4 is 11.1 Å². The van der Waals surface area contributed by atoms with Gasteiger partial charge < -0.3 is 11.1 Å². The van der Waals surface area contributed by atoms with Crippen LogP contribution in [-0.2, 0) is 6.18 Å². The van der Waals surface area contributed by atoms with Crippen LogP contribution in [0.2, 0.25) is 0 Å². The first-order valence-electron chi connectivity index (χ1n) is 6.54. The van der Waals surface area contributed by atoms with Gasteiger partial charge >= 0.3 is 6.18 Å². The van der Waals surface area contributed by atoms with Gasteiger partial charge in [0.1, 0.15) is 5.82 Å². The van der Waals surface area contributed by atoms with Gasteiger partial charge in [-0.15, -0.1) is 0 Å². The van der Waals surface area contributed by atoms with Gasteiger partial charge in [-0.3, -0.25) is 0 Å². The molecule has 0 saturated heterocycles. The van der Waals surface area contributed by atoms with Gasteiger partial charge in [0, 0.05) is 18.8 Å². The first-order valence-corrected chi connectivity index (χ1v) is 6.54. The molecule has 0 aliphatic carbocycles. The van der Waals surface area contributed by atoms with Crippen molar-refractivity contribution in [3.05, 3.63) is 59.8 Å². The average Bonchev–Trinajstić information content (AvgIpc) is 2.47. The van der Waals surface area contributed by atoms with Gasteiger partial charge in [0.2, 0.25) is 0 Å². The van der Waals surface area contributed by atoms with Gasteiger partial charge in [-0.2, -0.15) is 13.2 Å². The van der Waals surface area contributed by atoms with Crippen molar-refractivity contribution in [3.63, 3.8) is 0 Å². The van der Waals surface area contributed by atoms with E-state index in [9.17, 15) is 13.2 Å². The Morgan fingerprint density at radius 3 is 2.52 bits per heavy atom. The number of benzene rings is 1. The number of nitrogens with two attached hydrogens (primary N) is 1. The molecule has 6 heteroatoms. The third kappa shape index (κ3) is 4.46. The maximum absolute atomic E-state index is 12.6. The number of nitrogens with zero attached hydrogens (tertiary/aromatic N) is 1. The van der Waals surface area contributed by atoms with Gasteiger partial charge in [-0.1, -0.05) is 30.3 Å². The first-order chi connectivity index (χ1) is 9.97. The minimum atomic E-state index is -4.36. The lowest BCUT2D eigenvalue weighted by molar-refractivity contribution is -0.137. The number of alkyl halides is 3. The molecule has 1 atom stereocenters. The lowest BCUT2D eigenvalue weighted by Crippen LogP contribution is -2.16. The Balaban J connectivity index is 1.89. The highest BCUT2D eigenvalue weighted by Crippen LogP contribution is 2.29. The van der Waals surface area contributed by atoms with E-state index >= 15 is 0 Å². The lowest BCUT2D eigenvalue weighted by atomic mass is 10.1. The molecule has 0 bridgehead atoms. The highest BCUT2D eigenvalue weighted by molar-refractivity contribution is 5.38. The zero-order valence-electron chi connectivity index (χ0n) is 11.3. The smallest absolute Gasteiger partial charge is 0.370 e. The molecule has 0 aliphatic heterocycles. The van der Waals surface area contributed by atoms with Crippen LogP contribution in [0.25, 0.3) is 0 Å². The molecule has 2 aromatic rings. The molecular weight excluding hydrogens is 279 g/mol. The number of aromatic nitrogens is 1. The topological polar surface area (TPSA) is 50.9 Å². The minimum Gasteiger partial charge on any atom is -0.370 e. The highest BCUT2D eigenvalue weighted by atomic mass is 19.4. The molecular formula is C15H16F3N3. The van der Waals surface area contributed by atoms with Gasteiger partial charge in [0.25, 0.3) is 0 Å². The standard InChI is InChI=1S/C15H16F3N3/c16-15(17,18)12-6-8-20-14(10-12)21-9-7-13(19)11-4-2-1-3-5-11/h1-6,8,10,13H,7,9,19H2,(H,20,21). The maximum atomic E-state index is 12.6. The number of anilines is 1. The number of hydrogen-bond acceptors (Lipinski definition) is 3. The fourth-order valence-electron chi connectivity index (χ4n) is 1.93. The third-order valence-corrected chi connectivity index (χ3v) is 3.08. The summed E-state index contributed by atoms with van der Waals surface area (Å²) in [5, 5.41) is 2.87. The molecule has 0 saturated carbocycles. The number of rotatable bonds is 5. The van der Waals surface area contributed by atoms with E-state index in [0.29, 0.717) is 13.0 Å². The van der Waals surface area contributed by atoms with Crippen molar-refractivity contribution < 1.29 is 13.2 Å². The van der Waals surface area contributed by atoms with E-state index in [0.717, 1.165) is 23.9 Å². The Bertz CT molecular complexity index is 570. The monoisotopic (exact) mass is 295 g/mol. The van der Waals surface area contributed by atoms with E-state index in [4.69, 9.17) is 5.73 Å². The maximum Gasteiger partial charge on any atom is 0.416 e. The summed E-state index contributed by atoms with van der Waals surface area (Å²) in [6, 6.07) is 11.3. The van der Waals surface area contributed by atoms with Crippen LogP contribution in [0.5, 0.6) is 0 Å². The molecule has 112 valence electrons. The Kier molecular flexibility index (Phi) is 4.80. The fourth-order valence-corrected chi connectivity index (χ4v) is 1.93. The molecule has 3 N–H and O–H groups in total. The van der Waals surface area contributed by atoms with Crippen molar-refractivity contribution in [1.29, 1.82) is 0 Å². The Morgan fingerprint density at radius 2 is 1.86 bits per heavy atom. The van der Waals surface area contributed by atoms with Crippen LogP contribution in [0.3, 0.4) is 0 Å². The summed E-state index contributed by atoms with van der Waals surface area (Å²) in [7, 11) is 0. The van der Waals surface area contributed by atoms with Crippen LogP contribution in [0.15, 0.2) is 48.7 Å². The van der Waals surface area contributed by atoms with Gasteiger partial charge in [-0.05, 0) is 24.1 Å². The van der Waals surface area contributed by atoms with Crippen molar-refractivity contribution in [1.82, 2.24) is 4.98 Å². The van der Waals surface area contributed by atoms with Crippen LogP contribution in [0.1, 0.15) is 23.6 Å². The van der Waals surface area contributed by atoms with Gasteiger partial charge in [-0.25, -0.2) is 4.98 Å². The Morgan fingerprint density at radius 1 is 1.14 bits per heavy atom. The Hall–Kier alpha value is -2.08. The largest absolute Gasteiger partial charge is 0.416 e. The summed E-state index contributed by atoms with van der Waals surface area (Å²) in [6.07, 6.45) is -2.62. The molecule has 1 heterocycles. The van der Waals surface area contributed by atoms with Crippen LogP contribution in [0.4, 0.5) is 19.0 Å². The molecule has 0 radical (unpaired) electrons. The molecule has 0 fully saturated rings. The van der Waals surface area contributed by atoms with Crippen LogP contribution >= 0.6 is 0 Å². The zero-order chi connectivity index (χ0) is 15.3. The number of halogens is 3. The Labute approximate surface area is 121 Å². The first kappa shape index (κ1) is 15.3. The van der Waals surface area contributed by atoms with Gasteiger partial charge in [0.05, 0.1) is 5.56 Å². The average molecular weight is 295 g/mol. The third-order valence-electron chi connectivity index (χ3n) is 3.08. The van der Waals surface area contributed by atoms with E-state index in [2.05, 4.69) is 10.3 Å². The van der Waals surface area contributed by atoms with Crippen molar-refractivity contribution in [3.8, 4) is 0 Å². The SMILES string of the molecule is NC(CCNc1cc(C(F)(F)F)ccn1)c1ccccc1. The second-order valence-corrected chi connectivity index (χ2v) is 4.66. The summed E-state index contributed by atoms with van der Waals surface area (Å²) < 4.78 is 37.7. The van der Waals surface area contributed by atoms with Crippen LogP contribution in [0, 0.1) is 0 Å². The fraction of sp³-hybridized carbons (Fsp3) is 0.267. The van der Waals surface area contributed by atoms with Crippen molar-refractivity contribution >= 4 is 5.82 Å². The molecule has 0 spiro atoms. The van der Waals surface area contributed by atoms with E-state index < -0.39 is 11.7 Å². The highest BCUT2D eigenvalue weighted by Gasteiger charge is 2.30. The second-order valence-electron chi connectivity index (χ2n) is 4.66. The molecule has 0 amide bonds. The molecule has 21 heavy (non-hydrogen) atoms. The summed E-state index contributed by atoms with van der Waals surface area (Å²) in [4.78, 5) is 3.87. The second kappa shape index (κ2) is 6.58. The van der Waals surface area contributed by atoms with E-state index in [1.165, 1.54) is 0 Å². The summed E-state index contributed by atoms with van der Waals surface area (Å²) in [6.45, 7) is 0.449. The molecule has 1 aromatic heterocycles. The number of hydrogen-bond donors (Lipinski definition) is 2. The van der Waals surface area contributed by atoms with E-state index in [-0.39, 0.29) is 11.9 Å². The molecule has 0 aliphatic rings. The van der Waals surface area contributed by atoms with Crippen molar-refractivity contribution in [2.24, 2.45) is 5.73 Å². The number of pyridine rings is 1. The number of nitrogens with one attached hydrogen (secondary N) is 1. The zero-order valence-corrected chi connectivity index (χ0v) is 11.3. The molecule has 1 aromatic carbocycles. The van der Waals surface area contributed by atoms with Gasteiger partial charge in [0.15, 0.2) is 0 Å². The predicted octanol–water partition coefficient (Wildman–Crippen LogP) is 3.60. The summed E-state index contributed by atoms with van der Waals surface area (Å²) in [5.41, 5.74) is 6.30. The van der Waals surface area contributed by atoms with Crippen molar-refractivity contribution in [2.45, 2.75) is 18.6 Å². The lowest BCUT2D eigenvalue weighted by Gasteiger charge is -2.13. The van der Waals surface area contributed by atoms with Crippen LogP contribution in [-0.4, -0.2) is 11.5 Å². The normalized spacial score (nSPS) is 13.0. The van der Waals surface area contributed by atoms with E-state index in [1.54, 1.807) is 0 Å². The minimum absolute atomic E-state index is 0.163. The van der Waals surface area contributed by atoms with Crippen molar-refractivity contribution in [2.75, 3.05) is 11.9 Å².